The van der Waals surface area contributed by atoms with Gasteiger partial charge in [0.15, 0.2) is 0 Å². The summed E-state index contributed by atoms with van der Waals surface area (Å²) in [6, 6.07) is 0. The molecule has 0 saturated carbocycles. The van der Waals surface area contributed by atoms with E-state index in [1.54, 1.807) is 0 Å². The minimum Gasteiger partial charge on any atom is -0.395 e. The SMILES string of the molecule is O=C(CCC(O)(O)O)NCCO. The molecule has 0 fully saturated rings. The van der Waals surface area contributed by atoms with Gasteiger partial charge in [-0.3, -0.25) is 4.79 Å². The highest BCUT2D eigenvalue weighted by molar-refractivity contribution is 5.75. The Balaban J connectivity index is 3.44. The van der Waals surface area contributed by atoms with Crippen LogP contribution < -0.4 is 5.32 Å². The van der Waals surface area contributed by atoms with Crippen LogP contribution in [0.1, 0.15) is 12.8 Å². The standard InChI is InChI=1S/C6H13NO5/c8-4-3-7-5(9)1-2-6(10,11)12/h8,10-12H,1-4H2,(H,7,9). The molecule has 0 aromatic carbocycles. The Hall–Kier alpha value is -0.690. The van der Waals surface area contributed by atoms with Crippen LogP contribution in [0.25, 0.3) is 0 Å². The van der Waals surface area contributed by atoms with Gasteiger partial charge in [0, 0.05) is 19.4 Å². The molecule has 0 aliphatic heterocycles. The number of hydrogen-bond acceptors (Lipinski definition) is 5. The van der Waals surface area contributed by atoms with Crippen molar-refractivity contribution in [2.45, 2.75) is 18.8 Å². The molecule has 0 heterocycles. The molecular weight excluding hydrogens is 166 g/mol. The average molecular weight is 179 g/mol. The van der Waals surface area contributed by atoms with Gasteiger partial charge in [-0.2, -0.15) is 0 Å². The lowest BCUT2D eigenvalue weighted by molar-refractivity contribution is -0.314. The quantitative estimate of drug-likeness (QED) is 0.300. The van der Waals surface area contributed by atoms with Crippen molar-refractivity contribution in [3.05, 3.63) is 0 Å². The topological polar surface area (TPSA) is 110 Å². The Morgan fingerprint density at radius 2 is 1.92 bits per heavy atom. The summed E-state index contributed by atoms with van der Waals surface area (Å²) in [5, 5.41) is 35.7. The fourth-order valence-electron chi connectivity index (χ4n) is 0.565. The monoisotopic (exact) mass is 179 g/mol. The second kappa shape index (κ2) is 5.04. The first-order valence-corrected chi connectivity index (χ1v) is 3.50. The van der Waals surface area contributed by atoms with E-state index in [1.807, 2.05) is 0 Å². The molecule has 0 aromatic rings. The highest BCUT2D eigenvalue weighted by Crippen LogP contribution is 2.03. The normalized spacial score (nSPS) is 11.3. The molecule has 0 bridgehead atoms. The van der Waals surface area contributed by atoms with E-state index in [1.165, 1.54) is 0 Å². The Bertz CT molecular complexity index is 141. The number of aliphatic hydroxyl groups is 4. The van der Waals surface area contributed by atoms with Gasteiger partial charge < -0.3 is 25.7 Å². The van der Waals surface area contributed by atoms with Crippen LogP contribution in [0, 0.1) is 0 Å². The Morgan fingerprint density at radius 3 is 2.33 bits per heavy atom. The number of carbonyl (C=O) groups excluding carboxylic acids is 1. The van der Waals surface area contributed by atoms with Crippen molar-refractivity contribution in [3.8, 4) is 0 Å². The van der Waals surface area contributed by atoms with Crippen LogP contribution in [0.15, 0.2) is 0 Å². The zero-order chi connectivity index (χ0) is 9.61. The molecular formula is C6H13NO5. The lowest BCUT2D eigenvalue weighted by Crippen LogP contribution is -2.32. The molecule has 0 spiro atoms. The minimum absolute atomic E-state index is 0.119. The summed E-state index contributed by atoms with van der Waals surface area (Å²) in [5.74, 6) is -3.25. The van der Waals surface area contributed by atoms with E-state index in [0.717, 1.165) is 0 Å². The van der Waals surface area contributed by atoms with Crippen molar-refractivity contribution in [1.82, 2.24) is 5.32 Å². The van der Waals surface area contributed by atoms with Gasteiger partial charge in [-0.25, -0.2) is 0 Å². The summed E-state index contributed by atoms with van der Waals surface area (Å²) in [6.07, 6.45) is -0.659. The van der Waals surface area contributed by atoms with Gasteiger partial charge in [0.2, 0.25) is 5.91 Å². The molecule has 1 amide bonds. The zero-order valence-corrected chi connectivity index (χ0v) is 6.53. The number of nitrogens with one attached hydrogen (secondary N) is 1. The first kappa shape index (κ1) is 11.3. The Kier molecular flexibility index (Phi) is 4.75. The van der Waals surface area contributed by atoms with E-state index in [-0.39, 0.29) is 19.6 Å². The molecule has 0 unspecified atom stereocenters. The maximum Gasteiger partial charge on any atom is 0.275 e. The molecule has 0 radical (unpaired) electrons. The van der Waals surface area contributed by atoms with Crippen LogP contribution in [0.3, 0.4) is 0 Å². The van der Waals surface area contributed by atoms with E-state index in [0.29, 0.717) is 0 Å². The molecule has 72 valence electrons. The second-order valence-electron chi connectivity index (χ2n) is 2.35. The molecule has 12 heavy (non-hydrogen) atoms. The van der Waals surface area contributed by atoms with Gasteiger partial charge in [-0.1, -0.05) is 0 Å². The van der Waals surface area contributed by atoms with Crippen LogP contribution >= 0.6 is 0 Å². The fourth-order valence-corrected chi connectivity index (χ4v) is 0.565. The fraction of sp³-hybridized carbons (Fsp3) is 0.833. The molecule has 0 aromatic heterocycles. The van der Waals surface area contributed by atoms with Crippen molar-refractivity contribution in [2.24, 2.45) is 0 Å². The van der Waals surface area contributed by atoms with Crippen LogP contribution in [-0.2, 0) is 4.79 Å². The molecule has 6 heteroatoms. The first-order chi connectivity index (χ1) is 5.45. The van der Waals surface area contributed by atoms with Crippen molar-refractivity contribution in [2.75, 3.05) is 13.2 Å². The predicted molar refractivity (Wildman–Crippen MR) is 38.7 cm³/mol. The average Bonchev–Trinajstić information content (AvgIpc) is 1.95. The maximum atomic E-state index is 10.7. The van der Waals surface area contributed by atoms with Crippen LogP contribution in [0.2, 0.25) is 0 Å². The molecule has 0 aliphatic carbocycles. The molecule has 0 atom stereocenters. The van der Waals surface area contributed by atoms with E-state index >= 15 is 0 Å². The van der Waals surface area contributed by atoms with E-state index in [4.69, 9.17) is 20.4 Å². The highest BCUT2D eigenvalue weighted by Gasteiger charge is 2.19. The number of hydrogen-bond donors (Lipinski definition) is 5. The predicted octanol–water partition coefficient (Wildman–Crippen LogP) is -2.49. The summed E-state index contributed by atoms with van der Waals surface area (Å²) < 4.78 is 0. The third kappa shape index (κ3) is 7.42. The first-order valence-electron chi connectivity index (χ1n) is 3.50. The van der Waals surface area contributed by atoms with Crippen LogP contribution in [-0.4, -0.2) is 45.5 Å². The summed E-state index contributed by atoms with van der Waals surface area (Å²) >= 11 is 0. The zero-order valence-electron chi connectivity index (χ0n) is 6.53. The van der Waals surface area contributed by atoms with E-state index < -0.39 is 18.3 Å². The van der Waals surface area contributed by atoms with E-state index in [9.17, 15) is 4.79 Å². The third-order valence-corrected chi connectivity index (χ3v) is 1.12. The van der Waals surface area contributed by atoms with Crippen molar-refractivity contribution in [3.63, 3.8) is 0 Å². The molecule has 5 N–H and O–H groups in total. The van der Waals surface area contributed by atoms with Gasteiger partial charge >= 0.3 is 0 Å². The van der Waals surface area contributed by atoms with Gasteiger partial charge in [0.05, 0.1) is 6.61 Å². The largest absolute Gasteiger partial charge is 0.395 e. The van der Waals surface area contributed by atoms with Gasteiger partial charge in [0.1, 0.15) is 0 Å². The van der Waals surface area contributed by atoms with Crippen LogP contribution in [0.5, 0.6) is 0 Å². The summed E-state index contributed by atoms with van der Waals surface area (Å²) in [5.41, 5.74) is 0. The molecule has 0 rings (SSSR count). The van der Waals surface area contributed by atoms with Gasteiger partial charge in [0.25, 0.3) is 5.97 Å². The van der Waals surface area contributed by atoms with Crippen molar-refractivity contribution in [1.29, 1.82) is 0 Å². The van der Waals surface area contributed by atoms with Crippen LogP contribution in [0.4, 0.5) is 0 Å². The maximum absolute atomic E-state index is 10.7. The second-order valence-corrected chi connectivity index (χ2v) is 2.35. The lowest BCUT2D eigenvalue weighted by Gasteiger charge is -2.12. The number of carbonyl (C=O) groups is 1. The summed E-state index contributed by atoms with van der Waals surface area (Å²) in [4.78, 5) is 10.7. The molecule has 0 aliphatic rings. The minimum atomic E-state index is -2.80. The number of aliphatic hydroxyl groups excluding tert-OH is 1. The highest BCUT2D eigenvalue weighted by atomic mass is 16.7. The lowest BCUT2D eigenvalue weighted by atomic mass is 10.2. The Morgan fingerprint density at radius 1 is 1.33 bits per heavy atom. The number of amides is 1. The third-order valence-electron chi connectivity index (χ3n) is 1.12. The summed E-state index contributed by atoms with van der Waals surface area (Å²) in [7, 11) is 0. The summed E-state index contributed by atoms with van der Waals surface area (Å²) in [6.45, 7) is -0.0532. The van der Waals surface area contributed by atoms with Gasteiger partial charge in [-0.05, 0) is 0 Å². The van der Waals surface area contributed by atoms with Crippen molar-refractivity contribution < 1.29 is 25.2 Å². The van der Waals surface area contributed by atoms with Gasteiger partial charge in [-0.15, -0.1) is 0 Å². The molecule has 6 nitrogen and oxygen atoms in total. The van der Waals surface area contributed by atoms with E-state index in [2.05, 4.69) is 5.32 Å². The Labute approximate surface area is 69.5 Å². The van der Waals surface area contributed by atoms with Crippen molar-refractivity contribution >= 4 is 5.91 Å². The molecule has 0 saturated heterocycles. The smallest absolute Gasteiger partial charge is 0.275 e. The number of rotatable bonds is 5.